The third-order valence-corrected chi connectivity index (χ3v) is 2.88. The van der Waals surface area contributed by atoms with E-state index >= 15 is 0 Å². The lowest BCUT2D eigenvalue weighted by Crippen LogP contribution is -2.04. The topological polar surface area (TPSA) is 94.0 Å². The van der Waals surface area contributed by atoms with Crippen LogP contribution in [0.5, 0.6) is 17.5 Å². The number of benzene rings is 1. The SMILES string of the molecule is CCOc1ncnc(Oc2c(C)cc(C#N)cc2C)c1N. The summed E-state index contributed by atoms with van der Waals surface area (Å²) in [6, 6.07) is 5.62. The average molecular weight is 284 g/mol. The van der Waals surface area contributed by atoms with E-state index in [2.05, 4.69) is 16.0 Å². The first-order chi connectivity index (χ1) is 10.1. The fourth-order valence-electron chi connectivity index (χ4n) is 1.97. The number of nitrogen functional groups attached to an aromatic ring is 1. The highest BCUT2D eigenvalue weighted by atomic mass is 16.5. The number of nitrogens with two attached hydrogens (primary N) is 1. The minimum Gasteiger partial charge on any atom is -0.476 e. The van der Waals surface area contributed by atoms with Crippen molar-refractivity contribution in [3.8, 4) is 23.6 Å². The van der Waals surface area contributed by atoms with Gasteiger partial charge in [-0.1, -0.05) is 0 Å². The van der Waals surface area contributed by atoms with Crippen molar-refractivity contribution in [2.45, 2.75) is 20.8 Å². The van der Waals surface area contributed by atoms with E-state index in [0.717, 1.165) is 11.1 Å². The molecule has 2 N–H and O–H groups in total. The van der Waals surface area contributed by atoms with Crippen LogP contribution in [0.25, 0.3) is 0 Å². The van der Waals surface area contributed by atoms with E-state index in [1.165, 1.54) is 6.33 Å². The predicted octanol–water partition coefficient (Wildman–Crippen LogP) is 2.74. The quantitative estimate of drug-likeness (QED) is 0.927. The Balaban J connectivity index is 2.39. The maximum atomic E-state index is 8.96. The van der Waals surface area contributed by atoms with Crippen molar-refractivity contribution in [1.29, 1.82) is 5.26 Å². The van der Waals surface area contributed by atoms with Gasteiger partial charge in [0, 0.05) is 0 Å². The van der Waals surface area contributed by atoms with Gasteiger partial charge in [0.2, 0.25) is 11.8 Å². The maximum Gasteiger partial charge on any atom is 0.249 e. The Kier molecular flexibility index (Phi) is 4.24. The van der Waals surface area contributed by atoms with Gasteiger partial charge in [0.25, 0.3) is 0 Å². The Morgan fingerprint density at radius 2 is 1.81 bits per heavy atom. The van der Waals surface area contributed by atoms with Crippen LogP contribution in [0.4, 0.5) is 5.69 Å². The summed E-state index contributed by atoms with van der Waals surface area (Å²) >= 11 is 0. The highest BCUT2D eigenvalue weighted by Crippen LogP contribution is 2.34. The number of aromatic nitrogens is 2. The van der Waals surface area contributed by atoms with Gasteiger partial charge in [-0.2, -0.15) is 15.2 Å². The van der Waals surface area contributed by atoms with Gasteiger partial charge in [-0.3, -0.25) is 0 Å². The van der Waals surface area contributed by atoms with Crippen molar-refractivity contribution in [3.05, 3.63) is 35.2 Å². The summed E-state index contributed by atoms with van der Waals surface area (Å²) in [5, 5.41) is 8.96. The fraction of sp³-hybridized carbons (Fsp3) is 0.267. The Bertz CT molecular complexity index is 684. The normalized spacial score (nSPS) is 10.0. The van der Waals surface area contributed by atoms with Crippen LogP contribution < -0.4 is 15.2 Å². The number of nitrogens with zero attached hydrogens (tertiary/aromatic N) is 3. The number of hydrogen-bond acceptors (Lipinski definition) is 6. The van der Waals surface area contributed by atoms with Crippen LogP contribution in [-0.4, -0.2) is 16.6 Å². The van der Waals surface area contributed by atoms with Gasteiger partial charge in [0.05, 0.1) is 18.2 Å². The molecule has 0 fully saturated rings. The van der Waals surface area contributed by atoms with Crippen molar-refractivity contribution in [1.82, 2.24) is 9.97 Å². The molecule has 0 radical (unpaired) electrons. The van der Waals surface area contributed by atoms with E-state index in [4.69, 9.17) is 20.5 Å². The van der Waals surface area contributed by atoms with E-state index in [9.17, 15) is 0 Å². The first-order valence-corrected chi connectivity index (χ1v) is 6.49. The van der Waals surface area contributed by atoms with Gasteiger partial charge >= 0.3 is 0 Å². The second kappa shape index (κ2) is 6.09. The minimum absolute atomic E-state index is 0.240. The number of hydrogen-bond donors (Lipinski definition) is 1. The number of anilines is 1. The smallest absolute Gasteiger partial charge is 0.249 e. The molecule has 2 rings (SSSR count). The molecular weight excluding hydrogens is 268 g/mol. The van der Waals surface area contributed by atoms with Gasteiger partial charge < -0.3 is 15.2 Å². The Labute approximate surface area is 123 Å². The lowest BCUT2D eigenvalue weighted by molar-refractivity contribution is 0.325. The second-order valence-corrected chi connectivity index (χ2v) is 4.48. The number of nitriles is 1. The van der Waals surface area contributed by atoms with Crippen molar-refractivity contribution in [3.63, 3.8) is 0 Å². The zero-order valence-corrected chi connectivity index (χ0v) is 12.2. The molecule has 0 unspecified atom stereocenters. The van der Waals surface area contributed by atoms with Crippen LogP contribution in [0.15, 0.2) is 18.5 Å². The summed E-state index contributed by atoms with van der Waals surface area (Å²) in [5.41, 5.74) is 8.46. The van der Waals surface area contributed by atoms with E-state index in [1.807, 2.05) is 20.8 Å². The molecule has 108 valence electrons. The fourth-order valence-corrected chi connectivity index (χ4v) is 1.97. The van der Waals surface area contributed by atoms with Gasteiger partial charge in [-0.05, 0) is 44.0 Å². The molecule has 1 heterocycles. The molecule has 0 spiro atoms. The monoisotopic (exact) mass is 284 g/mol. The summed E-state index contributed by atoms with van der Waals surface area (Å²) < 4.78 is 11.1. The van der Waals surface area contributed by atoms with Crippen LogP contribution in [0.3, 0.4) is 0 Å². The van der Waals surface area contributed by atoms with Gasteiger partial charge in [-0.25, -0.2) is 0 Å². The third kappa shape index (κ3) is 3.03. The molecule has 1 aromatic carbocycles. The number of aryl methyl sites for hydroxylation is 2. The van der Waals surface area contributed by atoms with Crippen LogP contribution in [-0.2, 0) is 0 Å². The molecule has 2 aromatic rings. The zero-order chi connectivity index (χ0) is 15.4. The van der Waals surface area contributed by atoms with Gasteiger partial charge in [0.1, 0.15) is 12.1 Å². The largest absolute Gasteiger partial charge is 0.476 e. The van der Waals surface area contributed by atoms with Crippen LogP contribution in [0.2, 0.25) is 0 Å². The molecule has 0 aliphatic rings. The number of rotatable bonds is 4. The van der Waals surface area contributed by atoms with Crippen molar-refractivity contribution in [2.24, 2.45) is 0 Å². The Hall–Kier alpha value is -2.81. The first-order valence-electron chi connectivity index (χ1n) is 6.49. The lowest BCUT2D eigenvalue weighted by Gasteiger charge is -2.14. The summed E-state index contributed by atoms with van der Waals surface area (Å²) in [5.74, 6) is 1.16. The van der Waals surface area contributed by atoms with Crippen LogP contribution in [0, 0.1) is 25.2 Å². The maximum absolute atomic E-state index is 8.96. The van der Waals surface area contributed by atoms with Gasteiger partial charge in [0.15, 0.2) is 5.69 Å². The summed E-state index contributed by atoms with van der Waals surface area (Å²) in [7, 11) is 0. The predicted molar refractivity (Wildman–Crippen MR) is 78.3 cm³/mol. The first kappa shape index (κ1) is 14.6. The third-order valence-electron chi connectivity index (χ3n) is 2.88. The molecule has 0 atom stereocenters. The Morgan fingerprint density at radius 3 is 2.38 bits per heavy atom. The van der Waals surface area contributed by atoms with Crippen LogP contribution >= 0.6 is 0 Å². The molecule has 0 saturated heterocycles. The summed E-state index contributed by atoms with van der Waals surface area (Å²) in [6.07, 6.45) is 1.34. The molecule has 0 bridgehead atoms. The molecule has 0 amide bonds. The molecule has 6 nitrogen and oxygen atoms in total. The molecule has 0 aliphatic heterocycles. The molecule has 1 aromatic heterocycles. The highest BCUT2D eigenvalue weighted by Gasteiger charge is 2.14. The molecular formula is C15H16N4O2. The molecule has 21 heavy (non-hydrogen) atoms. The Morgan fingerprint density at radius 1 is 1.19 bits per heavy atom. The van der Waals surface area contributed by atoms with E-state index in [-0.39, 0.29) is 11.6 Å². The van der Waals surface area contributed by atoms with Crippen molar-refractivity contribution in [2.75, 3.05) is 12.3 Å². The van der Waals surface area contributed by atoms with E-state index < -0.39 is 0 Å². The minimum atomic E-state index is 0.240. The molecule has 0 saturated carbocycles. The van der Waals surface area contributed by atoms with E-state index in [0.29, 0.717) is 23.8 Å². The average Bonchev–Trinajstić information content (AvgIpc) is 2.46. The highest BCUT2D eigenvalue weighted by molar-refractivity contribution is 5.58. The zero-order valence-electron chi connectivity index (χ0n) is 12.2. The standard InChI is InChI=1S/C15H16N4O2/c1-4-20-14-12(17)15(19-8-18-14)21-13-9(2)5-11(7-16)6-10(13)3/h5-6,8H,4,17H2,1-3H3. The van der Waals surface area contributed by atoms with Crippen LogP contribution in [0.1, 0.15) is 23.6 Å². The second-order valence-electron chi connectivity index (χ2n) is 4.48. The lowest BCUT2D eigenvalue weighted by atomic mass is 10.1. The summed E-state index contributed by atoms with van der Waals surface area (Å²) in [4.78, 5) is 8.00. The van der Waals surface area contributed by atoms with Crippen molar-refractivity contribution < 1.29 is 9.47 Å². The van der Waals surface area contributed by atoms with E-state index in [1.54, 1.807) is 12.1 Å². The van der Waals surface area contributed by atoms with Gasteiger partial charge in [-0.15, -0.1) is 0 Å². The molecule has 0 aliphatic carbocycles. The molecule has 6 heteroatoms. The summed E-state index contributed by atoms with van der Waals surface area (Å²) in [6.45, 7) is 6.03. The number of ether oxygens (including phenoxy) is 2. The van der Waals surface area contributed by atoms with Crippen molar-refractivity contribution >= 4 is 5.69 Å².